The Balaban J connectivity index is 1.84. The molecular weight excluding hydrogens is 358 g/mol. The standard InChI is InChI=1S/C18H21NO6S/c1-19(2)26(21,22)17-10-4-14(5-11-17)18(20)25-13-12-24-16-8-6-15(23-3)7-9-16/h4-11H,12-13H2,1-3H3. The van der Waals surface area contributed by atoms with Gasteiger partial charge in [0.1, 0.15) is 24.7 Å². The van der Waals surface area contributed by atoms with Crippen LogP contribution in [-0.4, -0.2) is 53.1 Å². The maximum absolute atomic E-state index is 12.0. The van der Waals surface area contributed by atoms with E-state index in [1.54, 1.807) is 31.4 Å². The zero-order valence-corrected chi connectivity index (χ0v) is 15.7. The first-order chi connectivity index (χ1) is 12.3. The van der Waals surface area contributed by atoms with Crippen LogP contribution in [0.5, 0.6) is 11.5 Å². The van der Waals surface area contributed by atoms with Gasteiger partial charge in [0.25, 0.3) is 0 Å². The summed E-state index contributed by atoms with van der Waals surface area (Å²) in [6, 6.07) is 12.6. The molecule has 0 spiro atoms. The molecule has 0 radical (unpaired) electrons. The van der Waals surface area contributed by atoms with Gasteiger partial charge in [0, 0.05) is 14.1 Å². The van der Waals surface area contributed by atoms with Gasteiger partial charge < -0.3 is 14.2 Å². The topological polar surface area (TPSA) is 82.1 Å². The number of methoxy groups -OCH3 is 1. The summed E-state index contributed by atoms with van der Waals surface area (Å²) in [5.41, 5.74) is 0.271. The van der Waals surface area contributed by atoms with Gasteiger partial charge in [0.05, 0.1) is 17.6 Å². The van der Waals surface area contributed by atoms with E-state index in [1.165, 1.54) is 38.4 Å². The Morgan fingerprint density at radius 2 is 1.50 bits per heavy atom. The van der Waals surface area contributed by atoms with Crippen LogP contribution in [0.25, 0.3) is 0 Å². The highest BCUT2D eigenvalue weighted by molar-refractivity contribution is 7.89. The van der Waals surface area contributed by atoms with Gasteiger partial charge in [-0.3, -0.25) is 0 Å². The van der Waals surface area contributed by atoms with E-state index >= 15 is 0 Å². The van der Waals surface area contributed by atoms with E-state index in [-0.39, 0.29) is 23.7 Å². The monoisotopic (exact) mass is 379 g/mol. The molecule has 26 heavy (non-hydrogen) atoms. The van der Waals surface area contributed by atoms with Gasteiger partial charge in [-0.15, -0.1) is 0 Å². The van der Waals surface area contributed by atoms with E-state index in [0.717, 1.165) is 10.1 Å². The molecule has 8 heteroatoms. The molecule has 7 nitrogen and oxygen atoms in total. The molecule has 2 aromatic rings. The van der Waals surface area contributed by atoms with Gasteiger partial charge in [0.2, 0.25) is 10.0 Å². The lowest BCUT2D eigenvalue weighted by atomic mass is 10.2. The maximum Gasteiger partial charge on any atom is 0.338 e. The fraction of sp³-hybridized carbons (Fsp3) is 0.278. The van der Waals surface area contributed by atoms with Crippen molar-refractivity contribution in [3.8, 4) is 11.5 Å². The largest absolute Gasteiger partial charge is 0.497 e. The predicted molar refractivity (Wildman–Crippen MR) is 96.1 cm³/mol. The van der Waals surface area contributed by atoms with E-state index in [4.69, 9.17) is 14.2 Å². The van der Waals surface area contributed by atoms with Crippen LogP contribution >= 0.6 is 0 Å². The van der Waals surface area contributed by atoms with E-state index in [0.29, 0.717) is 5.75 Å². The molecule has 0 amide bonds. The second-order valence-electron chi connectivity index (χ2n) is 5.47. The number of hydrogen-bond donors (Lipinski definition) is 0. The van der Waals surface area contributed by atoms with E-state index in [9.17, 15) is 13.2 Å². The van der Waals surface area contributed by atoms with Gasteiger partial charge in [-0.1, -0.05) is 0 Å². The van der Waals surface area contributed by atoms with Gasteiger partial charge in [-0.25, -0.2) is 17.5 Å². The van der Waals surface area contributed by atoms with Crippen LogP contribution in [0.3, 0.4) is 0 Å². The van der Waals surface area contributed by atoms with Crippen molar-refractivity contribution in [1.29, 1.82) is 0 Å². The Bertz CT molecular complexity index is 829. The van der Waals surface area contributed by atoms with Crippen LogP contribution in [0.1, 0.15) is 10.4 Å². The number of ether oxygens (including phenoxy) is 3. The minimum Gasteiger partial charge on any atom is -0.497 e. The van der Waals surface area contributed by atoms with Crippen molar-refractivity contribution in [2.24, 2.45) is 0 Å². The molecule has 0 atom stereocenters. The number of sulfonamides is 1. The molecule has 2 rings (SSSR count). The third kappa shape index (κ3) is 4.96. The van der Waals surface area contributed by atoms with Crippen molar-refractivity contribution >= 4 is 16.0 Å². The highest BCUT2D eigenvalue weighted by Gasteiger charge is 2.17. The molecule has 2 aromatic carbocycles. The SMILES string of the molecule is COc1ccc(OCCOC(=O)c2ccc(S(=O)(=O)N(C)C)cc2)cc1. The summed E-state index contributed by atoms with van der Waals surface area (Å²) in [7, 11) is 0.947. The summed E-state index contributed by atoms with van der Waals surface area (Å²) in [6.45, 7) is 0.272. The fourth-order valence-electron chi connectivity index (χ4n) is 2.02. The lowest BCUT2D eigenvalue weighted by molar-refractivity contribution is 0.0450. The molecular formula is C18H21NO6S. The smallest absolute Gasteiger partial charge is 0.338 e. The molecule has 0 fully saturated rings. The molecule has 0 unspecified atom stereocenters. The lowest BCUT2D eigenvalue weighted by Gasteiger charge is -2.11. The van der Waals surface area contributed by atoms with Crippen molar-refractivity contribution in [2.45, 2.75) is 4.90 Å². The summed E-state index contributed by atoms with van der Waals surface area (Å²) in [6.07, 6.45) is 0. The molecule has 0 heterocycles. The molecule has 0 bridgehead atoms. The summed E-state index contributed by atoms with van der Waals surface area (Å²) in [4.78, 5) is 12.1. The number of esters is 1. The second-order valence-corrected chi connectivity index (χ2v) is 7.62. The van der Waals surface area contributed by atoms with Crippen molar-refractivity contribution < 1.29 is 27.4 Å². The Morgan fingerprint density at radius 1 is 0.923 bits per heavy atom. The fourth-order valence-corrected chi connectivity index (χ4v) is 2.92. The average molecular weight is 379 g/mol. The van der Waals surface area contributed by atoms with Crippen molar-refractivity contribution in [1.82, 2.24) is 4.31 Å². The minimum atomic E-state index is -3.52. The Labute approximate surface area is 153 Å². The van der Waals surface area contributed by atoms with Crippen molar-refractivity contribution in [2.75, 3.05) is 34.4 Å². The summed E-state index contributed by atoms with van der Waals surface area (Å²) >= 11 is 0. The van der Waals surface area contributed by atoms with Crippen LogP contribution in [-0.2, 0) is 14.8 Å². The quantitative estimate of drug-likeness (QED) is 0.516. The average Bonchev–Trinajstić information content (AvgIpc) is 2.65. The first kappa shape index (κ1) is 19.7. The second kappa shape index (κ2) is 8.68. The van der Waals surface area contributed by atoms with Crippen LogP contribution in [0.4, 0.5) is 0 Å². The first-order valence-corrected chi connectivity index (χ1v) is 9.25. The van der Waals surface area contributed by atoms with Crippen LogP contribution in [0.2, 0.25) is 0 Å². The molecule has 0 aliphatic heterocycles. The normalized spacial score (nSPS) is 11.2. The zero-order chi connectivity index (χ0) is 19.2. The molecule has 0 saturated heterocycles. The van der Waals surface area contributed by atoms with Crippen molar-refractivity contribution in [3.63, 3.8) is 0 Å². The third-order valence-corrected chi connectivity index (χ3v) is 5.34. The van der Waals surface area contributed by atoms with Gasteiger partial charge >= 0.3 is 5.97 Å². The van der Waals surface area contributed by atoms with Gasteiger partial charge in [0.15, 0.2) is 0 Å². The minimum absolute atomic E-state index is 0.0720. The van der Waals surface area contributed by atoms with Crippen molar-refractivity contribution in [3.05, 3.63) is 54.1 Å². The lowest BCUT2D eigenvalue weighted by Crippen LogP contribution is -2.22. The number of rotatable bonds is 8. The Kier molecular flexibility index (Phi) is 6.59. The van der Waals surface area contributed by atoms with Gasteiger partial charge in [-0.05, 0) is 48.5 Å². The molecule has 0 aliphatic carbocycles. The highest BCUT2D eigenvalue weighted by atomic mass is 32.2. The summed E-state index contributed by atoms with van der Waals surface area (Å²) in [5, 5.41) is 0. The number of hydrogen-bond acceptors (Lipinski definition) is 6. The van der Waals surface area contributed by atoms with Crippen LogP contribution in [0.15, 0.2) is 53.4 Å². The Morgan fingerprint density at radius 3 is 2.04 bits per heavy atom. The highest BCUT2D eigenvalue weighted by Crippen LogP contribution is 2.17. The maximum atomic E-state index is 12.0. The molecule has 0 saturated carbocycles. The molecule has 0 aliphatic rings. The molecule has 0 N–H and O–H groups in total. The summed E-state index contributed by atoms with van der Waals surface area (Å²) in [5.74, 6) is 0.820. The molecule has 0 aromatic heterocycles. The molecule has 140 valence electrons. The van der Waals surface area contributed by atoms with E-state index < -0.39 is 16.0 Å². The zero-order valence-electron chi connectivity index (χ0n) is 14.8. The predicted octanol–water partition coefficient (Wildman–Crippen LogP) is 2.18. The number of carbonyl (C=O) groups excluding carboxylic acids is 1. The van der Waals surface area contributed by atoms with E-state index in [1.807, 2.05) is 0 Å². The third-order valence-electron chi connectivity index (χ3n) is 3.51. The number of nitrogens with zero attached hydrogens (tertiary/aromatic N) is 1. The Hall–Kier alpha value is -2.58. The number of carbonyl (C=O) groups is 1. The first-order valence-electron chi connectivity index (χ1n) is 7.81. The number of benzene rings is 2. The summed E-state index contributed by atoms with van der Waals surface area (Å²) < 4.78 is 40.7. The van der Waals surface area contributed by atoms with Crippen LogP contribution in [0, 0.1) is 0 Å². The van der Waals surface area contributed by atoms with Crippen LogP contribution < -0.4 is 9.47 Å². The van der Waals surface area contributed by atoms with Gasteiger partial charge in [-0.2, -0.15) is 0 Å². The van der Waals surface area contributed by atoms with E-state index in [2.05, 4.69) is 0 Å².